The van der Waals surface area contributed by atoms with Gasteiger partial charge in [-0.1, -0.05) is 37.1 Å². The molecule has 0 bridgehead atoms. The molecule has 0 fully saturated rings. The average molecular weight is 330 g/mol. The van der Waals surface area contributed by atoms with E-state index in [0.717, 1.165) is 17.8 Å². The minimum atomic E-state index is -0.727. The number of carbonyl (C=O) groups excluding carboxylic acids is 1. The lowest BCUT2D eigenvalue weighted by molar-refractivity contribution is -0.125. The smallest absolute Gasteiger partial charge is 0.290 e. The summed E-state index contributed by atoms with van der Waals surface area (Å²) < 4.78 is 11.3. The Kier molecular flexibility index (Phi) is 5.12. The number of hydrogen-bond acceptors (Lipinski definition) is 3. The molecular formula is C21H30O3. The summed E-state index contributed by atoms with van der Waals surface area (Å²) in [6.45, 7) is 14.5. The summed E-state index contributed by atoms with van der Waals surface area (Å²) in [5.41, 5.74) is 3.44. The lowest BCUT2D eigenvalue weighted by Gasteiger charge is -2.40. The molecular weight excluding hydrogens is 300 g/mol. The fourth-order valence-corrected chi connectivity index (χ4v) is 3.93. The summed E-state index contributed by atoms with van der Waals surface area (Å²) in [7, 11) is 1.54. The molecule has 0 saturated heterocycles. The van der Waals surface area contributed by atoms with Crippen molar-refractivity contribution < 1.29 is 14.3 Å². The zero-order chi connectivity index (χ0) is 18.2. The third-order valence-corrected chi connectivity index (χ3v) is 5.10. The van der Waals surface area contributed by atoms with Crippen molar-refractivity contribution in [3.63, 3.8) is 0 Å². The van der Waals surface area contributed by atoms with Gasteiger partial charge in [0.1, 0.15) is 11.2 Å². The Labute approximate surface area is 146 Å². The lowest BCUT2D eigenvalue weighted by atomic mass is 9.68. The summed E-state index contributed by atoms with van der Waals surface area (Å²) in [5.74, 6) is 1.92. The van der Waals surface area contributed by atoms with E-state index in [1.54, 1.807) is 14.0 Å². The number of carbonyl (C=O) groups is 1. The van der Waals surface area contributed by atoms with Crippen LogP contribution in [0.4, 0.5) is 0 Å². The summed E-state index contributed by atoms with van der Waals surface area (Å²) in [6, 6.07) is 0. The van der Waals surface area contributed by atoms with Gasteiger partial charge in [-0.25, -0.2) is 0 Å². The predicted molar refractivity (Wildman–Crippen MR) is 97.1 cm³/mol. The number of methoxy groups -OCH3 is 1. The predicted octanol–water partition coefficient (Wildman–Crippen LogP) is 5.31. The molecule has 132 valence electrons. The molecule has 1 aliphatic carbocycles. The Morgan fingerprint density at radius 2 is 2.00 bits per heavy atom. The summed E-state index contributed by atoms with van der Waals surface area (Å²) >= 11 is 0. The van der Waals surface area contributed by atoms with Gasteiger partial charge in [0.25, 0.3) is 5.95 Å². The second kappa shape index (κ2) is 6.62. The highest BCUT2D eigenvalue weighted by Crippen LogP contribution is 2.49. The molecule has 24 heavy (non-hydrogen) atoms. The lowest BCUT2D eigenvalue weighted by Crippen LogP contribution is -2.39. The first-order chi connectivity index (χ1) is 11.1. The fraction of sp³-hybridized carbons (Fsp3) is 0.571. The quantitative estimate of drug-likeness (QED) is 0.655. The molecule has 0 radical (unpaired) electrons. The first kappa shape index (κ1) is 18.6. The topological polar surface area (TPSA) is 35.5 Å². The first-order valence-electron chi connectivity index (χ1n) is 8.68. The van der Waals surface area contributed by atoms with Gasteiger partial charge in [-0.05, 0) is 52.5 Å². The SMILES string of the molecule is COC1=C(C)C(=O)[C@]2(C)C=C(C)[C@@H](/C(C)=C/CC(C)C)C(C)=C2O1. The standard InChI is InChI=1S/C21H30O3/c1-12(2)9-10-13(3)17-14(4)11-21(7)18(22)16(6)20(23-8)24-19(21)15(17)5/h10-12,17H,9H2,1-8H3/b13-10+/t17-,21+/m1/s1. The van der Waals surface area contributed by atoms with E-state index in [9.17, 15) is 4.79 Å². The number of allylic oxidation sites excluding steroid dienone is 6. The van der Waals surface area contributed by atoms with Gasteiger partial charge < -0.3 is 9.47 Å². The van der Waals surface area contributed by atoms with Crippen molar-refractivity contribution in [2.24, 2.45) is 17.3 Å². The molecule has 2 rings (SSSR count). The van der Waals surface area contributed by atoms with Gasteiger partial charge in [-0.15, -0.1) is 0 Å². The Morgan fingerprint density at radius 1 is 1.38 bits per heavy atom. The van der Waals surface area contributed by atoms with Crippen molar-refractivity contribution in [2.45, 2.75) is 54.9 Å². The molecule has 2 aliphatic rings. The van der Waals surface area contributed by atoms with Crippen LogP contribution in [0.3, 0.4) is 0 Å². The second-order valence-corrected chi connectivity index (χ2v) is 7.66. The van der Waals surface area contributed by atoms with Gasteiger partial charge in [0, 0.05) is 5.92 Å². The third kappa shape index (κ3) is 2.97. The largest absolute Gasteiger partial charge is 0.468 e. The molecule has 0 aromatic carbocycles. The van der Waals surface area contributed by atoms with Crippen LogP contribution in [0.1, 0.15) is 54.9 Å². The van der Waals surface area contributed by atoms with Crippen LogP contribution in [0.15, 0.2) is 46.1 Å². The van der Waals surface area contributed by atoms with Gasteiger partial charge in [-0.2, -0.15) is 0 Å². The Morgan fingerprint density at radius 3 is 2.54 bits per heavy atom. The van der Waals surface area contributed by atoms with Crippen molar-refractivity contribution >= 4 is 5.78 Å². The zero-order valence-corrected chi connectivity index (χ0v) is 16.2. The highest BCUT2D eigenvalue weighted by atomic mass is 16.7. The van der Waals surface area contributed by atoms with Crippen molar-refractivity contribution in [2.75, 3.05) is 7.11 Å². The monoisotopic (exact) mass is 330 g/mol. The number of ether oxygens (including phenoxy) is 2. The zero-order valence-electron chi connectivity index (χ0n) is 16.2. The molecule has 1 heterocycles. The van der Waals surface area contributed by atoms with Crippen LogP contribution < -0.4 is 0 Å². The van der Waals surface area contributed by atoms with Crippen LogP contribution in [-0.4, -0.2) is 12.9 Å². The van der Waals surface area contributed by atoms with Crippen LogP contribution in [0.25, 0.3) is 0 Å². The number of ketones is 1. The number of Topliss-reactive ketones (excluding diaryl/α,β-unsaturated/α-hetero) is 1. The summed E-state index contributed by atoms with van der Waals surface area (Å²) in [4.78, 5) is 12.9. The summed E-state index contributed by atoms with van der Waals surface area (Å²) in [6.07, 6.45) is 5.44. The van der Waals surface area contributed by atoms with E-state index in [1.807, 2.05) is 6.92 Å². The Hall–Kier alpha value is -1.77. The molecule has 0 N–H and O–H groups in total. The highest BCUT2D eigenvalue weighted by molar-refractivity contribution is 6.04. The number of fused-ring (bicyclic) bond motifs is 1. The maximum atomic E-state index is 12.9. The molecule has 0 saturated carbocycles. The summed E-state index contributed by atoms with van der Waals surface area (Å²) in [5, 5.41) is 0. The van der Waals surface area contributed by atoms with Gasteiger partial charge in [0.15, 0.2) is 5.78 Å². The van der Waals surface area contributed by atoms with Crippen molar-refractivity contribution in [1.29, 1.82) is 0 Å². The van der Waals surface area contributed by atoms with E-state index < -0.39 is 5.41 Å². The first-order valence-corrected chi connectivity index (χ1v) is 8.68. The van der Waals surface area contributed by atoms with Crippen LogP contribution in [0.5, 0.6) is 0 Å². The van der Waals surface area contributed by atoms with E-state index in [1.165, 1.54) is 11.1 Å². The van der Waals surface area contributed by atoms with E-state index in [2.05, 4.69) is 46.8 Å². The number of hydrogen-bond donors (Lipinski definition) is 0. The van der Waals surface area contributed by atoms with Crippen LogP contribution >= 0.6 is 0 Å². The molecule has 3 nitrogen and oxygen atoms in total. The van der Waals surface area contributed by atoms with Gasteiger partial charge >= 0.3 is 0 Å². The normalized spacial score (nSPS) is 28.0. The van der Waals surface area contributed by atoms with Gasteiger partial charge in [0.2, 0.25) is 0 Å². The van der Waals surface area contributed by atoms with E-state index in [4.69, 9.17) is 9.47 Å². The maximum Gasteiger partial charge on any atom is 0.290 e. The minimum absolute atomic E-state index is 0.0570. The molecule has 0 aromatic heterocycles. The van der Waals surface area contributed by atoms with Crippen molar-refractivity contribution in [3.05, 3.63) is 46.1 Å². The Balaban J connectivity index is 2.53. The third-order valence-electron chi connectivity index (χ3n) is 5.10. The second-order valence-electron chi connectivity index (χ2n) is 7.66. The molecule has 0 spiro atoms. The van der Waals surface area contributed by atoms with Crippen LogP contribution in [0, 0.1) is 17.3 Å². The van der Waals surface area contributed by atoms with E-state index in [-0.39, 0.29) is 11.7 Å². The molecule has 0 amide bonds. The Bertz CT molecular complexity index is 673. The highest BCUT2D eigenvalue weighted by Gasteiger charge is 2.48. The number of rotatable bonds is 4. The molecule has 0 unspecified atom stereocenters. The van der Waals surface area contributed by atoms with Crippen LogP contribution in [-0.2, 0) is 14.3 Å². The van der Waals surface area contributed by atoms with Crippen molar-refractivity contribution in [1.82, 2.24) is 0 Å². The minimum Gasteiger partial charge on any atom is -0.468 e. The molecule has 0 aromatic rings. The molecule has 1 aliphatic heterocycles. The van der Waals surface area contributed by atoms with E-state index >= 15 is 0 Å². The van der Waals surface area contributed by atoms with E-state index in [0.29, 0.717) is 17.4 Å². The maximum absolute atomic E-state index is 12.9. The molecule has 2 atom stereocenters. The average Bonchev–Trinajstić information content (AvgIpc) is 2.50. The van der Waals surface area contributed by atoms with Gasteiger partial charge in [-0.3, -0.25) is 4.79 Å². The molecule has 3 heteroatoms. The fourth-order valence-electron chi connectivity index (χ4n) is 3.93. The van der Waals surface area contributed by atoms with Crippen LogP contribution in [0.2, 0.25) is 0 Å². The van der Waals surface area contributed by atoms with Crippen molar-refractivity contribution in [3.8, 4) is 0 Å². The van der Waals surface area contributed by atoms with Gasteiger partial charge in [0.05, 0.1) is 12.7 Å².